The molecule has 1 aromatic rings. The Balaban J connectivity index is 1.55. The van der Waals surface area contributed by atoms with E-state index in [0.717, 1.165) is 13.1 Å². The normalized spacial score (nSPS) is 21.9. The average Bonchev–Trinajstić information content (AvgIpc) is 3.26. The van der Waals surface area contributed by atoms with Crippen LogP contribution in [0.3, 0.4) is 0 Å². The molecule has 1 saturated carbocycles. The molecule has 1 amide bonds. The van der Waals surface area contributed by atoms with Crippen LogP contribution in [0.5, 0.6) is 0 Å². The lowest BCUT2D eigenvalue weighted by atomic mass is 10.0. The molecule has 1 saturated heterocycles. The van der Waals surface area contributed by atoms with Crippen LogP contribution in [-0.2, 0) is 9.53 Å². The van der Waals surface area contributed by atoms with Crippen molar-refractivity contribution in [2.24, 2.45) is 5.92 Å². The minimum Gasteiger partial charge on any atom is -0.363 e. The molecule has 1 aliphatic heterocycles. The lowest BCUT2D eigenvalue weighted by Gasteiger charge is -2.38. The molecule has 1 aliphatic carbocycles. The van der Waals surface area contributed by atoms with Gasteiger partial charge in [-0.15, -0.1) is 0 Å². The summed E-state index contributed by atoms with van der Waals surface area (Å²) in [4.78, 5) is 12.1. The van der Waals surface area contributed by atoms with Crippen molar-refractivity contribution in [2.45, 2.75) is 31.4 Å². The second-order valence-corrected chi connectivity index (χ2v) is 6.14. The molecular formula is C16H22N2O2. The molecule has 0 bridgehead atoms. The molecule has 0 spiro atoms. The monoisotopic (exact) mass is 274 g/mol. The van der Waals surface area contributed by atoms with Gasteiger partial charge < -0.3 is 15.4 Å². The highest BCUT2D eigenvalue weighted by atomic mass is 16.5. The lowest BCUT2D eigenvalue weighted by Crippen LogP contribution is -2.59. The summed E-state index contributed by atoms with van der Waals surface area (Å²) in [7, 11) is 0. The molecule has 1 heterocycles. The third-order valence-electron chi connectivity index (χ3n) is 4.12. The van der Waals surface area contributed by atoms with Gasteiger partial charge in [-0.3, -0.25) is 4.79 Å². The van der Waals surface area contributed by atoms with Crippen molar-refractivity contribution in [1.29, 1.82) is 0 Å². The molecule has 0 aromatic heterocycles. The van der Waals surface area contributed by atoms with Gasteiger partial charge in [-0.1, -0.05) is 30.3 Å². The van der Waals surface area contributed by atoms with Crippen LogP contribution in [0.1, 0.15) is 31.4 Å². The van der Waals surface area contributed by atoms with Gasteiger partial charge in [-0.05, 0) is 31.2 Å². The van der Waals surface area contributed by atoms with Crippen LogP contribution in [0.25, 0.3) is 0 Å². The number of hydrogen-bond acceptors (Lipinski definition) is 3. The number of benzene rings is 1. The van der Waals surface area contributed by atoms with Crippen molar-refractivity contribution in [2.75, 3.05) is 19.7 Å². The zero-order valence-electron chi connectivity index (χ0n) is 11.9. The molecule has 108 valence electrons. The molecule has 3 rings (SSSR count). The summed E-state index contributed by atoms with van der Waals surface area (Å²) < 4.78 is 5.69. The van der Waals surface area contributed by atoms with E-state index in [9.17, 15) is 4.79 Å². The van der Waals surface area contributed by atoms with E-state index in [-0.39, 0.29) is 24.2 Å². The fourth-order valence-electron chi connectivity index (χ4n) is 2.60. The molecule has 1 atom stereocenters. The Morgan fingerprint density at radius 2 is 2.10 bits per heavy atom. The summed E-state index contributed by atoms with van der Waals surface area (Å²) in [5, 5.41) is 6.30. The Morgan fingerprint density at radius 3 is 2.65 bits per heavy atom. The summed E-state index contributed by atoms with van der Waals surface area (Å²) in [6.07, 6.45) is 2.39. The maximum Gasteiger partial charge on any atom is 0.246 e. The van der Waals surface area contributed by atoms with Gasteiger partial charge in [0.25, 0.3) is 0 Å². The Hall–Kier alpha value is -1.39. The predicted octanol–water partition coefficient (Wildman–Crippen LogP) is 1.63. The number of ether oxygens (including phenoxy) is 1. The van der Waals surface area contributed by atoms with Gasteiger partial charge in [-0.2, -0.15) is 0 Å². The molecule has 2 aliphatic rings. The zero-order chi connectivity index (χ0) is 14.0. The van der Waals surface area contributed by atoms with Gasteiger partial charge in [0, 0.05) is 13.1 Å². The molecule has 4 heteroatoms. The van der Waals surface area contributed by atoms with Crippen LogP contribution in [0.15, 0.2) is 30.3 Å². The molecule has 1 unspecified atom stereocenters. The average molecular weight is 274 g/mol. The fraction of sp³-hybridized carbons (Fsp3) is 0.562. The lowest BCUT2D eigenvalue weighted by molar-refractivity contribution is -0.136. The first-order valence-corrected chi connectivity index (χ1v) is 7.35. The minimum absolute atomic E-state index is 0.0149. The van der Waals surface area contributed by atoms with E-state index in [0.29, 0.717) is 5.92 Å². The van der Waals surface area contributed by atoms with E-state index in [1.165, 1.54) is 18.4 Å². The van der Waals surface area contributed by atoms with E-state index >= 15 is 0 Å². The van der Waals surface area contributed by atoms with Gasteiger partial charge in [0.1, 0.15) is 6.61 Å². The number of carbonyl (C=O) groups excluding carboxylic acids is 1. The Kier molecular flexibility index (Phi) is 3.76. The SMILES string of the molecule is CC1(OCC(=O)NC(c2ccccc2)C2CC2)CNC1. The fourth-order valence-corrected chi connectivity index (χ4v) is 2.60. The summed E-state index contributed by atoms with van der Waals surface area (Å²) in [5.41, 5.74) is 1.03. The first kappa shape index (κ1) is 13.6. The predicted molar refractivity (Wildman–Crippen MR) is 77.3 cm³/mol. The van der Waals surface area contributed by atoms with Gasteiger partial charge in [0.15, 0.2) is 0 Å². The molecule has 1 aromatic carbocycles. The number of nitrogens with one attached hydrogen (secondary N) is 2. The van der Waals surface area contributed by atoms with E-state index in [4.69, 9.17) is 4.74 Å². The second-order valence-electron chi connectivity index (χ2n) is 6.14. The maximum atomic E-state index is 12.1. The van der Waals surface area contributed by atoms with Crippen LogP contribution in [0.4, 0.5) is 0 Å². The second kappa shape index (κ2) is 5.54. The van der Waals surface area contributed by atoms with Gasteiger partial charge >= 0.3 is 0 Å². The number of rotatable bonds is 6. The van der Waals surface area contributed by atoms with Crippen molar-refractivity contribution in [1.82, 2.24) is 10.6 Å². The number of hydrogen-bond donors (Lipinski definition) is 2. The van der Waals surface area contributed by atoms with Crippen LogP contribution >= 0.6 is 0 Å². The van der Waals surface area contributed by atoms with Crippen molar-refractivity contribution >= 4 is 5.91 Å². The quantitative estimate of drug-likeness (QED) is 0.829. The van der Waals surface area contributed by atoms with Crippen LogP contribution < -0.4 is 10.6 Å². The Morgan fingerprint density at radius 1 is 1.40 bits per heavy atom. The van der Waals surface area contributed by atoms with E-state index in [1.54, 1.807) is 0 Å². The first-order valence-electron chi connectivity index (χ1n) is 7.35. The number of amides is 1. The smallest absolute Gasteiger partial charge is 0.246 e. The molecule has 2 N–H and O–H groups in total. The molecule has 4 nitrogen and oxygen atoms in total. The van der Waals surface area contributed by atoms with Crippen molar-refractivity contribution < 1.29 is 9.53 Å². The molecule has 2 fully saturated rings. The van der Waals surface area contributed by atoms with E-state index < -0.39 is 0 Å². The highest BCUT2D eigenvalue weighted by Gasteiger charge is 2.35. The van der Waals surface area contributed by atoms with E-state index in [1.807, 2.05) is 25.1 Å². The van der Waals surface area contributed by atoms with Gasteiger partial charge in [0.05, 0.1) is 11.6 Å². The van der Waals surface area contributed by atoms with Crippen LogP contribution in [-0.4, -0.2) is 31.2 Å². The summed E-state index contributed by atoms with van der Waals surface area (Å²) in [5.74, 6) is 0.571. The molecular weight excluding hydrogens is 252 g/mol. The van der Waals surface area contributed by atoms with Crippen LogP contribution in [0.2, 0.25) is 0 Å². The van der Waals surface area contributed by atoms with Gasteiger partial charge in [0.2, 0.25) is 5.91 Å². The van der Waals surface area contributed by atoms with Gasteiger partial charge in [-0.25, -0.2) is 0 Å². The minimum atomic E-state index is -0.167. The number of carbonyl (C=O) groups is 1. The van der Waals surface area contributed by atoms with E-state index in [2.05, 4.69) is 22.8 Å². The first-order chi connectivity index (χ1) is 9.66. The summed E-state index contributed by atoms with van der Waals surface area (Å²) in [6, 6.07) is 10.4. The van der Waals surface area contributed by atoms with Crippen molar-refractivity contribution in [3.05, 3.63) is 35.9 Å². The Bertz CT molecular complexity index is 467. The highest BCUT2D eigenvalue weighted by molar-refractivity contribution is 5.77. The van der Waals surface area contributed by atoms with Crippen LogP contribution in [0, 0.1) is 5.92 Å². The third-order valence-corrected chi connectivity index (χ3v) is 4.12. The molecule has 20 heavy (non-hydrogen) atoms. The molecule has 0 radical (unpaired) electrons. The topological polar surface area (TPSA) is 50.4 Å². The van der Waals surface area contributed by atoms with Crippen molar-refractivity contribution in [3.63, 3.8) is 0 Å². The highest BCUT2D eigenvalue weighted by Crippen LogP contribution is 2.40. The van der Waals surface area contributed by atoms with Crippen molar-refractivity contribution in [3.8, 4) is 0 Å². The standard InChI is InChI=1S/C16H22N2O2/c1-16(10-17-11-16)20-9-14(19)18-15(13-7-8-13)12-5-3-2-4-6-12/h2-6,13,15,17H,7-11H2,1H3,(H,18,19). The summed E-state index contributed by atoms with van der Waals surface area (Å²) in [6.45, 7) is 3.83. The third kappa shape index (κ3) is 3.19. The zero-order valence-corrected chi connectivity index (χ0v) is 11.9. The Labute approximate surface area is 119 Å². The maximum absolute atomic E-state index is 12.1. The summed E-state index contributed by atoms with van der Waals surface area (Å²) >= 11 is 0. The largest absolute Gasteiger partial charge is 0.363 e.